The zero-order valence-corrected chi connectivity index (χ0v) is 10.7. The fourth-order valence-electron chi connectivity index (χ4n) is 2.68. The summed E-state index contributed by atoms with van der Waals surface area (Å²) in [7, 11) is 0. The van der Waals surface area contributed by atoms with Gasteiger partial charge in [0.1, 0.15) is 0 Å². The molecule has 1 fully saturated rings. The summed E-state index contributed by atoms with van der Waals surface area (Å²) in [5.74, 6) is 0.0406. The van der Waals surface area contributed by atoms with Crippen LogP contribution in [0.5, 0.6) is 0 Å². The van der Waals surface area contributed by atoms with Crippen molar-refractivity contribution in [2.45, 2.75) is 31.5 Å². The third kappa shape index (κ3) is 2.03. The molecule has 19 heavy (non-hydrogen) atoms. The molecule has 2 atom stereocenters. The van der Waals surface area contributed by atoms with Gasteiger partial charge in [-0.05, 0) is 24.6 Å². The lowest BCUT2D eigenvalue weighted by Gasteiger charge is -2.31. The van der Waals surface area contributed by atoms with E-state index in [0.717, 1.165) is 5.56 Å². The maximum Gasteiger partial charge on any atom is 0.411 e. The largest absolute Gasteiger partial charge is 0.437 e. The first-order valence-corrected chi connectivity index (χ1v) is 6.34. The molecule has 0 spiro atoms. The zero-order valence-electron chi connectivity index (χ0n) is 10.7. The number of carbonyl (C=O) groups is 2. The monoisotopic (exact) mass is 257 g/mol. The zero-order chi connectivity index (χ0) is 13.5. The topological polar surface area (TPSA) is 46.6 Å². The smallest absolute Gasteiger partial charge is 0.411 e. The fourth-order valence-corrected chi connectivity index (χ4v) is 2.68. The number of allylic oxidation sites excluding steroid dienone is 1. The Labute approximate surface area is 111 Å². The van der Waals surface area contributed by atoms with Gasteiger partial charge in [0.2, 0.25) is 0 Å². The number of rotatable bonds is 2. The van der Waals surface area contributed by atoms with E-state index in [2.05, 4.69) is 0 Å². The molecular formula is C15H15NO3. The summed E-state index contributed by atoms with van der Waals surface area (Å²) in [6.45, 7) is 2.32. The predicted octanol–water partition coefficient (Wildman–Crippen LogP) is 2.30. The molecule has 1 aliphatic heterocycles. The molecule has 0 aromatic heterocycles. The highest BCUT2D eigenvalue weighted by molar-refractivity contribution is 5.93. The van der Waals surface area contributed by atoms with E-state index in [1.54, 1.807) is 11.0 Å². The third-order valence-electron chi connectivity index (χ3n) is 3.77. The number of hydrogen-bond acceptors (Lipinski definition) is 3. The molecule has 1 amide bonds. The molecule has 0 bridgehead atoms. The lowest BCUT2D eigenvalue weighted by atomic mass is 9.86. The predicted molar refractivity (Wildman–Crippen MR) is 69.4 cm³/mol. The van der Waals surface area contributed by atoms with Gasteiger partial charge in [-0.25, -0.2) is 4.79 Å². The second-order valence-electron chi connectivity index (χ2n) is 5.18. The minimum absolute atomic E-state index is 0.0406. The van der Waals surface area contributed by atoms with E-state index in [4.69, 9.17) is 4.74 Å². The van der Waals surface area contributed by atoms with E-state index in [1.165, 1.54) is 6.08 Å². The fraction of sp³-hybridized carbons (Fsp3) is 0.333. The SMILES string of the molecule is C[C@@]12C=CC(=O)C[C@@H]1N(Cc1ccccc1)C(=O)O2. The normalized spacial score (nSPS) is 29.3. The molecule has 0 N–H and O–H groups in total. The van der Waals surface area contributed by atoms with Crippen molar-refractivity contribution >= 4 is 11.9 Å². The van der Waals surface area contributed by atoms with Crippen molar-refractivity contribution in [1.29, 1.82) is 0 Å². The average molecular weight is 257 g/mol. The van der Waals surface area contributed by atoms with Crippen LogP contribution < -0.4 is 0 Å². The summed E-state index contributed by atoms with van der Waals surface area (Å²) in [5, 5.41) is 0. The van der Waals surface area contributed by atoms with E-state index in [9.17, 15) is 9.59 Å². The van der Waals surface area contributed by atoms with Crippen LogP contribution in [0.1, 0.15) is 18.9 Å². The minimum Gasteiger partial charge on any atom is -0.437 e. The molecule has 1 aromatic rings. The third-order valence-corrected chi connectivity index (χ3v) is 3.77. The quantitative estimate of drug-likeness (QED) is 0.816. The Kier molecular flexibility index (Phi) is 2.66. The highest BCUT2D eigenvalue weighted by atomic mass is 16.6. The van der Waals surface area contributed by atoms with Gasteiger partial charge in [0.15, 0.2) is 11.4 Å². The Morgan fingerprint density at radius 3 is 2.79 bits per heavy atom. The van der Waals surface area contributed by atoms with Crippen molar-refractivity contribution in [1.82, 2.24) is 4.90 Å². The molecule has 1 aliphatic carbocycles. The Morgan fingerprint density at radius 2 is 2.05 bits per heavy atom. The van der Waals surface area contributed by atoms with Gasteiger partial charge in [-0.2, -0.15) is 0 Å². The summed E-state index contributed by atoms with van der Waals surface area (Å²) in [5.41, 5.74) is 0.352. The van der Waals surface area contributed by atoms with Crippen LogP contribution in [0.15, 0.2) is 42.5 Å². The summed E-state index contributed by atoms with van der Waals surface area (Å²) in [6, 6.07) is 9.51. The van der Waals surface area contributed by atoms with Gasteiger partial charge < -0.3 is 4.74 Å². The summed E-state index contributed by atoms with van der Waals surface area (Å²) in [6.07, 6.45) is 3.18. The first kappa shape index (κ1) is 12.0. The molecule has 1 saturated heterocycles. The van der Waals surface area contributed by atoms with Crippen LogP contribution in [-0.2, 0) is 16.1 Å². The molecule has 2 aliphatic rings. The van der Waals surface area contributed by atoms with E-state index in [-0.39, 0.29) is 17.9 Å². The lowest BCUT2D eigenvalue weighted by Crippen LogP contribution is -2.45. The molecule has 1 aromatic carbocycles. The average Bonchev–Trinajstić information content (AvgIpc) is 2.63. The molecule has 98 valence electrons. The van der Waals surface area contributed by atoms with Crippen LogP contribution >= 0.6 is 0 Å². The number of ketones is 1. The molecule has 0 unspecified atom stereocenters. The number of benzene rings is 1. The van der Waals surface area contributed by atoms with Crippen LogP contribution in [0, 0.1) is 0 Å². The summed E-state index contributed by atoms with van der Waals surface area (Å²) < 4.78 is 5.43. The molecule has 4 heteroatoms. The Balaban J connectivity index is 1.88. The second kappa shape index (κ2) is 4.23. The van der Waals surface area contributed by atoms with Crippen LogP contribution in [0.25, 0.3) is 0 Å². The standard InChI is InChI=1S/C15H15NO3/c1-15-8-7-12(17)9-13(15)16(14(18)19-15)10-11-5-3-2-4-6-11/h2-8,13H,9-10H2,1H3/t13-,15+/m0/s1. The maximum absolute atomic E-state index is 12.0. The highest BCUT2D eigenvalue weighted by Gasteiger charge is 2.51. The highest BCUT2D eigenvalue weighted by Crippen LogP contribution is 2.36. The number of carbonyl (C=O) groups excluding carboxylic acids is 2. The Bertz CT molecular complexity index is 552. The molecule has 3 rings (SSSR count). The van der Waals surface area contributed by atoms with E-state index in [1.807, 2.05) is 37.3 Å². The number of fused-ring (bicyclic) bond motifs is 1. The van der Waals surface area contributed by atoms with E-state index >= 15 is 0 Å². The summed E-state index contributed by atoms with van der Waals surface area (Å²) >= 11 is 0. The van der Waals surface area contributed by atoms with Crippen molar-refractivity contribution in [2.24, 2.45) is 0 Å². The van der Waals surface area contributed by atoms with Crippen molar-refractivity contribution < 1.29 is 14.3 Å². The lowest BCUT2D eigenvalue weighted by molar-refractivity contribution is -0.117. The minimum atomic E-state index is -0.681. The first-order chi connectivity index (χ1) is 9.08. The number of hydrogen-bond donors (Lipinski definition) is 0. The van der Waals surface area contributed by atoms with Crippen LogP contribution in [0.4, 0.5) is 4.79 Å². The van der Waals surface area contributed by atoms with E-state index < -0.39 is 5.60 Å². The molecule has 0 radical (unpaired) electrons. The van der Waals surface area contributed by atoms with E-state index in [0.29, 0.717) is 13.0 Å². The van der Waals surface area contributed by atoms with Gasteiger partial charge in [0.25, 0.3) is 0 Å². The van der Waals surface area contributed by atoms with Crippen molar-refractivity contribution in [3.05, 3.63) is 48.0 Å². The maximum atomic E-state index is 12.0. The van der Waals surface area contributed by atoms with Gasteiger partial charge >= 0.3 is 6.09 Å². The van der Waals surface area contributed by atoms with Crippen LogP contribution in [0.2, 0.25) is 0 Å². The van der Waals surface area contributed by atoms with Gasteiger partial charge in [-0.3, -0.25) is 9.69 Å². The van der Waals surface area contributed by atoms with Gasteiger partial charge in [0.05, 0.1) is 6.04 Å². The number of ether oxygens (including phenoxy) is 1. The van der Waals surface area contributed by atoms with Gasteiger partial charge in [-0.15, -0.1) is 0 Å². The van der Waals surface area contributed by atoms with Crippen LogP contribution in [-0.4, -0.2) is 28.4 Å². The molecular weight excluding hydrogens is 242 g/mol. The van der Waals surface area contributed by atoms with Crippen molar-refractivity contribution in [2.75, 3.05) is 0 Å². The Hall–Kier alpha value is -2.10. The van der Waals surface area contributed by atoms with Gasteiger partial charge in [0, 0.05) is 13.0 Å². The van der Waals surface area contributed by atoms with Crippen molar-refractivity contribution in [3.63, 3.8) is 0 Å². The number of amides is 1. The van der Waals surface area contributed by atoms with Crippen molar-refractivity contribution in [3.8, 4) is 0 Å². The molecule has 1 heterocycles. The second-order valence-corrected chi connectivity index (χ2v) is 5.18. The summed E-state index contributed by atoms with van der Waals surface area (Å²) in [4.78, 5) is 25.2. The Morgan fingerprint density at radius 1 is 1.32 bits per heavy atom. The van der Waals surface area contributed by atoms with Gasteiger partial charge in [-0.1, -0.05) is 30.3 Å². The first-order valence-electron chi connectivity index (χ1n) is 6.34. The van der Waals surface area contributed by atoms with Crippen LogP contribution in [0.3, 0.4) is 0 Å². The molecule has 0 saturated carbocycles. The number of nitrogens with zero attached hydrogens (tertiary/aromatic N) is 1. The molecule has 4 nitrogen and oxygen atoms in total.